The van der Waals surface area contributed by atoms with Crippen LogP contribution in [0, 0.1) is 0 Å². The Balaban J connectivity index is 2.29. The monoisotopic (exact) mass is 219 g/mol. The van der Waals surface area contributed by atoms with E-state index in [9.17, 15) is 5.11 Å². The minimum Gasteiger partial charge on any atom is -0.384 e. The smallest absolute Gasteiger partial charge is 0.104 e. The minimum absolute atomic E-state index is 0.620. The normalized spacial score (nSPS) is 12.4. The van der Waals surface area contributed by atoms with Crippen LogP contribution in [0.25, 0.3) is 0 Å². The molecule has 1 aromatic carbocycles. The van der Waals surface area contributed by atoms with Crippen molar-refractivity contribution in [2.75, 3.05) is 0 Å². The molecule has 0 amide bonds. The molecule has 1 atom stereocenters. The van der Waals surface area contributed by atoms with E-state index in [0.717, 1.165) is 11.1 Å². The zero-order chi connectivity index (χ0) is 10.7. The number of hydrogen-bond donors (Lipinski definition) is 1. The summed E-state index contributed by atoms with van der Waals surface area (Å²) in [7, 11) is 0. The number of pyridine rings is 1. The number of benzene rings is 1. The van der Waals surface area contributed by atoms with Gasteiger partial charge in [0.15, 0.2) is 0 Å². The minimum atomic E-state index is -0.620. The molecule has 2 rings (SSSR count). The summed E-state index contributed by atoms with van der Waals surface area (Å²) in [5.41, 5.74) is 1.65. The highest BCUT2D eigenvalue weighted by Gasteiger charge is 2.09. The maximum Gasteiger partial charge on any atom is 0.104 e. The molecular weight excluding hydrogens is 210 g/mol. The van der Waals surface area contributed by atoms with Gasteiger partial charge in [-0.1, -0.05) is 23.7 Å². The molecule has 15 heavy (non-hydrogen) atoms. The fourth-order valence-electron chi connectivity index (χ4n) is 1.38. The van der Waals surface area contributed by atoms with Gasteiger partial charge in [0.2, 0.25) is 0 Å². The van der Waals surface area contributed by atoms with Crippen LogP contribution < -0.4 is 0 Å². The van der Waals surface area contributed by atoms with Crippen molar-refractivity contribution in [1.29, 1.82) is 0 Å². The van der Waals surface area contributed by atoms with Gasteiger partial charge in [0, 0.05) is 17.4 Å². The lowest BCUT2D eigenvalue weighted by Crippen LogP contribution is -1.98. The number of aliphatic hydroxyl groups excluding tert-OH is 1. The van der Waals surface area contributed by atoms with Crippen LogP contribution >= 0.6 is 11.6 Å². The van der Waals surface area contributed by atoms with Gasteiger partial charge in [-0.15, -0.1) is 0 Å². The van der Waals surface area contributed by atoms with E-state index in [0.29, 0.717) is 5.02 Å². The fraction of sp³-hybridized carbons (Fsp3) is 0.0833. The first-order chi connectivity index (χ1) is 7.27. The van der Waals surface area contributed by atoms with E-state index in [1.54, 1.807) is 36.7 Å². The SMILES string of the molecule is O[C@@H](c1ccncc1)c1ccc(Cl)cc1. The average molecular weight is 220 g/mol. The van der Waals surface area contributed by atoms with Gasteiger partial charge in [-0.05, 0) is 35.4 Å². The second-order valence-corrected chi connectivity index (χ2v) is 3.67. The topological polar surface area (TPSA) is 33.1 Å². The standard InChI is InChI=1S/C12H10ClNO/c13-11-3-1-9(2-4-11)12(15)10-5-7-14-8-6-10/h1-8,12,15H/t12-/m1/s1. The Labute approximate surface area is 93.2 Å². The first-order valence-electron chi connectivity index (χ1n) is 4.61. The van der Waals surface area contributed by atoms with Crippen molar-refractivity contribution in [2.45, 2.75) is 6.10 Å². The van der Waals surface area contributed by atoms with Crippen molar-refractivity contribution in [1.82, 2.24) is 4.98 Å². The number of nitrogens with zero attached hydrogens (tertiary/aromatic N) is 1. The Kier molecular flexibility index (Phi) is 2.99. The van der Waals surface area contributed by atoms with E-state index in [1.807, 2.05) is 12.1 Å². The van der Waals surface area contributed by atoms with Gasteiger partial charge in [-0.3, -0.25) is 4.98 Å². The first kappa shape index (κ1) is 10.1. The third kappa shape index (κ3) is 2.35. The number of aliphatic hydroxyl groups is 1. The van der Waals surface area contributed by atoms with E-state index in [4.69, 9.17) is 11.6 Å². The van der Waals surface area contributed by atoms with Crippen molar-refractivity contribution in [3.63, 3.8) is 0 Å². The van der Waals surface area contributed by atoms with Crippen molar-refractivity contribution < 1.29 is 5.11 Å². The summed E-state index contributed by atoms with van der Waals surface area (Å²) >= 11 is 5.77. The van der Waals surface area contributed by atoms with Crippen LogP contribution in [0.5, 0.6) is 0 Å². The number of rotatable bonds is 2. The lowest BCUT2D eigenvalue weighted by molar-refractivity contribution is 0.220. The molecule has 76 valence electrons. The summed E-state index contributed by atoms with van der Waals surface area (Å²) in [6.07, 6.45) is 2.70. The lowest BCUT2D eigenvalue weighted by Gasteiger charge is -2.10. The Morgan fingerprint density at radius 2 is 1.47 bits per heavy atom. The zero-order valence-electron chi connectivity index (χ0n) is 7.97. The Hall–Kier alpha value is -1.38. The highest BCUT2D eigenvalue weighted by atomic mass is 35.5. The van der Waals surface area contributed by atoms with Crippen molar-refractivity contribution in [3.05, 3.63) is 64.9 Å². The maximum absolute atomic E-state index is 10.0. The van der Waals surface area contributed by atoms with E-state index >= 15 is 0 Å². The van der Waals surface area contributed by atoms with Gasteiger partial charge in [0.1, 0.15) is 6.10 Å². The molecule has 0 spiro atoms. The third-order valence-electron chi connectivity index (χ3n) is 2.21. The van der Waals surface area contributed by atoms with E-state index < -0.39 is 6.10 Å². The van der Waals surface area contributed by atoms with Crippen molar-refractivity contribution in [3.8, 4) is 0 Å². The Morgan fingerprint density at radius 1 is 0.933 bits per heavy atom. The predicted molar refractivity (Wildman–Crippen MR) is 59.8 cm³/mol. The van der Waals surface area contributed by atoms with Crippen LogP contribution in [0.15, 0.2) is 48.8 Å². The van der Waals surface area contributed by atoms with E-state index in [-0.39, 0.29) is 0 Å². The summed E-state index contributed by atoms with van der Waals surface area (Å²) in [5.74, 6) is 0. The van der Waals surface area contributed by atoms with Crippen molar-refractivity contribution in [2.24, 2.45) is 0 Å². The van der Waals surface area contributed by atoms with Gasteiger partial charge in [-0.2, -0.15) is 0 Å². The molecule has 0 bridgehead atoms. The predicted octanol–water partition coefficient (Wildman–Crippen LogP) is 2.82. The molecular formula is C12H10ClNO. The molecule has 0 aliphatic carbocycles. The van der Waals surface area contributed by atoms with Crippen LogP contribution in [0.2, 0.25) is 5.02 Å². The van der Waals surface area contributed by atoms with Crippen LogP contribution in [0.4, 0.5) is 0 Å². The number of aromatic nitrogens is 1. The molecule has 0 aliphatic heterocycles. The summed E-state index contributed by atoms with van der Waals surface area (Å²) in [5, 5.41) is 10.7. The van der Waals surface area contributed by atoms with Gasteiger partial charge in [-0.25, -0.2) is 0 Å². The molecule has 0 fully saturated rings. The molecule has 0 aliphatic rings. The molecule has 1 N–H and O–H groups in total. The van der Waals surface area contributed by atoms with Crippen LogP contribution in [0.1, 0.15) is 17.2 Å². The van der Waals surface area contributed by atoms with Crippen molar-refractivity contribution >= 4 is 11.6 Å². The molecule has 0 unspecified atom stereocenters. The van der Waals surface area contributed by atoms with E-state index in [1.165, 1.54) is 0 Å². The zero-order valence-corrected chi connectivity index (χ0v) is 8.72. The first-order valence-corrected chi connectivity index (χ1v) is 4.98. The van der Waals surface area contributed by atoms with Crippen LogP contribution in [0.3, 0.4) is 0 Å². The van der Waals surface area contributed by atoms with Crippen LogP contribution in [-0.4, -0.2) is 10.1 Å². The molecule has 3 heteroatoms. The summed E-state index contributed by atoms with van der Waals surface area (Å²) in [6, 6.07) is 10.7. The van der Waals surface area contributed by atoms with Gasteiger partial charge in [0.25, 0.3) is 0 Å². The summed E-state index contributed by atoms with van der Waals surface area (Å²) in [6.45, 7) is 0. The molecule has 2 nitrogen and oxygen atoms in total. The largest absolute Gasteiger partial charge is 0.384 e. The second kappa shape index (κ2) is 4.43. The van der Waals surface area contributed by atoms with Crippen LogP contribution in [-0.2, 0) is 0 Å². The average Bonchev–Trinajstić information content (AvgIpc) is 2.30. The summed E-state index contributed by atoms with van der Waals surface area (Å²) < 4.78 is 0. The maximum atomic E-state index is 10.0. The third-order valence-corrected chi connectivity index (χ3v) is 2.46. The second-order valence-electron chi connectivity index (χ2n) is 3.23. The number of hydrogen-bond acceptors (Lipinski definition) is 2. The van der Waals surface area contributed by atoms with Gasteiger partial charge in [0.05, 0.1) is 0 Å². The fourth-order valence-corrected chi connectivity index (χ4v) is 1.51. The highest BCUT2D eigenvalue weighted by Crippen LogP contribution is 2.22. The quantitative estimate of drug-likeness (QED) is 0.843. The summed E-state index contributed by atoms with van der Waals surface area (Å²) in [4.78, 5) is 3.90. The molecule has 1 heterocycles. The Bertz CT molecular complexity index is 427. The van der Waals surface area contributed by atoms with Gasteiger partial charge >= 0.3 is 0 Å². The molecule has 0 saturated heterocycles. The highest BCUT2D eigenvalue weighted by molar-refractivity contribution is 6.30. The molecule has 2 aromatic rings. The molecule has 1 aromatic heterocycles. The Morgan fingerprint density at radius 3 is 2.07 bits per heavy atom. The number of halogens is 1. The van der Waals surface area contributed by atoms with Gasteiger partial charge < -0.3 is 5.11 Å². The molecule has 0 saturated carbocycles. The lowest BCUT2D eigenvalue weighted by atomic mass is 10.0. The van der Waals surface area contributed by atoms with E-state index in [2.05, 4.69) is 4.98 Å². The molecule has 0 radical (unpaired) electrons.